The molecule has 4 aromatic rings. The fourth-order valence-electron chi connectivity index (χ4n) is 4.44. The lowest BCUT2D eigenvalue weighted by Crippen LogP contribution is -2.34. The fraction of sp³-hybridized carbons (Fsp3) is 0.179. The largest absolute Gasteiger partial charge is 0.336 e. The Morgan fingerprint density at radius 1 is 1.03 bits per heavy atom. The first-order chi connectivity index (χ1) is 17.8. The molecule has 0 radical (unpaired) electrons. The lowest BCUT2D eigenvalue weighted by Gasteiger charge is -2.29. The number of fused-ring (bicyclic) bond motifs is 1. The van der Waals surface area contributed by atoms with Gasteiger partial charge >= 0.3 is 0 Å². The van der Waals surface area contributed by atoms with Crippen LogP contribution in [-0.2, 0) is 29.4 Å². The van der Waals surface area contributed by atoms with Crippen LogP contribution in [-0.4, -0.2) is 30.8 Å². The van der Waals surface area contributed by atoms with Crippen molar-refractivity contribution >= 4 is 37.8 Å². The Bertz CT molecular complexity index is 1590. The highest BCUT2D eigenvalue weighted by atomic mass is 79.9. The molecule has 37 heavy (non-hydrogen) atoms. The minimum atomic E-state index is -4.09. The number of carbonyl (C=O) groups excluding carboxylic acids is 1. The molecular weight excluding hydrogens is 552 g/mol. The number of sulfonamides is 1. The lowest BCUT2D eigenvalue weighted by molar-refractivity contribution is 0.0980. The van der Waals surface area contributed by atoms with Crippen LogP contribution in [0.15, 0.2) is 88.4 Å². The first kappa shape index (κ1) is 25.1. The maximum Gasteiger partial charge on any atom is 0.268 e. The van der Waals surface area contributed by atoms with Gasteiger partial charge in [-0.25, -0.2) is 23.1 Å². The van der Waals surface area contributed by atoms with Crippen molar-refractivity contribution in [2.75, 3.05) is 11.4 Å². The molecule has 0 saturated heterocycles. The molecule has 1 amide bonds. The molecule has 0 spiro atoms. The quantitative estimate of drug-likeness (QED) is 0.354. The van der Waals surface area contributed by atoms with Gasteiger partial charge in [0.2, 0.25) is 5.95 Å². The molecule has 2 heterocycles. The molecule has 188 valence electrons. The molecule has 0 bridgehead atoms. The van der Waals surface area contributed by atoms with E-state index in [1.54, 1.807) is 12.1 Å². The molecule has 0 atom stereocenters. The number of nitrogens with one attached hydrogen (secondary N) is 1. The zero-order valence-electron chi connectivity index (χ0n) is 20.2. The van der Waals surface area contributed by atoms with Gasteiger partial charge in [-0.3, -0.25) is 4.79 Å². The summed E-state index contributed by atoms with van der Waals surface area (Å²) in [6.45, 7) is 3.42. The summed E-state index contributed by atoms with van der Waals surface area (Å²) in [5.41, 5.74) is 5.19. The normalized spacial score (nSPS) is 13.2. The molecule has 0 unspecified atom stereocenters. The standard InChI is InChI=1S/C28H25BrN4O3S/c1-19-6-4-7-20(14-19)15-26-25(27(34)32-37(35,36)24-11-5-10-23(29)16-24)17-30-28(31-26)33-13-12-21-8-2-3-9-22(21)18-33/h2-11,14,16-17H,12-13,15,18H2,1H3,(H,32,34). The van der Waals surface area contributed by atoms with E-state index in [0.717, 1.165) is 24.1 Å². The van der Waals surface area contributed by atoms with Crippen molar-refractivity contribution in [2.45, 2.75) is 31.2 Å². The van der Waals surface area contributed by atoms with E-state index in [0.29, 0.717) is 29.1 Å². The first-order valence-electron chi connectivity index (χ1n) is 11.8. The van der Waals surface area contributed by atoms with Crippen LogP contribution in [0.3, 0.4) is 0 Å². The van der Waals surface area contributed by atoms with E-state index in [9.17, 15) is 13.2 Å². The molecule has 9 heteroatoms. The molecule has 1 aromatic heterocycles. The zero-order chi connectivity index (χ0) is 26.0. The molecule has 0 fully saturated rings. The van der Waals surface area contributed by atoms with Crippen molar-refractivity contribution in [3.63, 3.8) is 0 Å². The Labute approximate surface area is 224 Å². The molecule has 0 aliphatic carbocycles. The highest BCUT2D eigenvalue weighted by molar-refractivity contribution is 9.10. The number of benzene rings is 3. The van der Waals surface area contributed by atoms with Crippen molar-refractivity contribution in [3.8, 4) is 0 Å². The summed E-state index contributed by atoms with van der Waals surface area (Å²) < 4.78 is 28.6. The zero-order valence-corrected chi connectivity index (χ0v) is 22.6. The number of amides is 1. The third kappa shape index (κ3) is 5.73. The third-order valence-corrected chi connectivity index (χ3v) is 8.12. The molecule has 1 N–H and O–H groups in total. The average Bonchev–Trinajstić information content (AvgIpc) is 2.88. The van der Waals surface area contributed by atoms with Gasteiger partial charge in [0.05, 0.1) is 16.2 Å². The lowest BCUT2D eigenvalue weighted by atomic mass is 10.0. The topological polar surface area (TPSA) is 92.3 Å². The molecule has 0 saturated carbocycles. The van der Waals surface area contributed by atoms with Gasteiger partial charge in [-0.15, -0.1) is 0 Å². The summed E-state index contributed by atoms with van der Waals surface area (Å²) in [5, 5.41) is 0. The van der Waals surface area contributed by atoms with Crippen LogP contribution < -0.4 is 9.62 Å². The minimum absolute atomic E-state index is 0.0139. The summed E-state index contributed by atoms with van der Waals surface area (Å²) in [4.78, 5) is 24.6. The number of aryl methyl sites for hydroxylation is 1. The van der Waals surface area contributed by atoms with Crippen molar-refractivity contribution in [3.05, 3.63) is 117 Å². The Balaban J connectivity index is 1.48. The first-order valence-corrected chi connectivity index (χ1v) is 14.1. The molecule has 1 aliphatic rings. The highest BCUT2D eigenvalue weighted by Crippen LogP contribution is 2.24. The summed E-state index contributed by atoms with van der Waals surface area (Å²) in [6, 6.07) is 22.4. The van der Waals surface area contributed by atoms with Gasteiger partial charge in [-0.2, -0.15) is 0 Å². The second kappa shape index (κ2) is 10.4. The summed E-state index contributed by atoms with van der Waals surface area (Å²) in [6.07, 6.45) is 2.67. The molecule has 7 nitrogen and oxygen atoms in total. The fourth-order valence-corrected chi connectivity index (χ4v) is 6.00. The van der Waals surface area contributed by atoms with Crippen LogP contribution in [0, 0.1) is 6.92 Å². The molecule has 3 aromatic carbocycles. The highest BCUT2D eigenvalue weighted by Gasteiger charge is 2.24. The number of carbonyl (C=O) groups is 1. The Kier molecular flexibility index (Phi) is 7.08. The van der Waals surface area contributed by atoms with Crippen molar-refractivity contribution in [1.82, 2.24) is 14.7 Å². The number of aromatic nitrogens is 2. The van der Waals surface area contributed by atoms with Gasteiger partial charge < -0.3 is 4.90 Å². The maximum absolute atomic E-state index is 13.3. The van der Waals surface area contributed by atoms with Crippen molar-refractivity contribution in [1.29, 1.82) is 0 Å². The van der Waals surface area contributed by atoms with Crippen LogP contribution in [0.25, 0.3) is 0 Å². The second-order valence-corrected chi connectivity index (χ2v) is 11.6. The number of anilines is 1. The van der Waals surface area contributed by atoms with Gasteiger partial charge in [0, 0.05) is 30.2 Å². The number of hydrogen-bond donors (Lipinski definition) is 1. The second-order valence-electron chi connectivity index (χ2n) is 9.03. The van der Waals surface area contributed by atoms with Crippen molar-refractivity contribution in [2.24, 2.45) is 0 Å². The number of nitrogens with zero attached hydrogens (tertiary/aromatic N) is 3. The van der Waals surface area contributed by atoms with E-state index in [2.05, 4.69) is 42.7 Å². The molecule has 5 rings (SSSR count). The SMILES string of the molecule is Cc1cccc(Cc2nc(N3CCc4ccccc4C3)ncc2C(=O)NS(=O)(=O)c2cccc(Br)c2)c1. The number of hydrogen-bond acceptors (Lipinski definition) is 6. The molecule has 1 aliphatic heterocycles. The van der Waals surface area contributed by atoms with E-state index >= 15 is 0 Å². The summed E-state index contributed by atoms with van der Waals surface area (Å²) in [7, 11) is -4.09. The van der Waals surface area contributed by atoms with Gasteiger partial charge in [-0.05, 0) is 48.2 Å². The van der Waals surface area contributed by atoms with E-state index in [-0.39, 0.29) is 10.5 Å². The van der Waals surface area contributed by atoms with E-state index < -0.39 is 15.9 Å². The van der Waals surface area contributed by atoms with Crippen molar-refractivity contribution < 1.29 is 13.2 Å². The van der Waals surface area contributed by atoms with Crippen LogP contribution >= 0.6 is 15.9 Å². The average molecular weight is 578 g/mol. The minimum Gasteiger partial charge on any atom is -0.336 e. The Hall–Kier alpha value is -3.56. The number of halogens is 1. The smallest absolute Gasteiger partial charge is 0.268 e. The van der Waals surface area contributed by atoms with Crippen LogP contribution in [0.4, 0.5) is 5.95 Å². The van der Waals surface area contributed by atoms with E-state index in [1.807, 2.05) is 43.3 Å². The Morgan fingerprint density at radius 2 is 1.81 bits per heavy atom. The predicted octanol–water partition coefficient (Wildman–Crippen LogP) is 4.82. The van der Waals surface area contributed by atoms with E-state index in [4.69, 9.17) is 4.98 Å². The molecular formula is C28H25BrN4O3S. The Morgan fingerprint density at radius 3 is 2.59 bits per heavy atom. The predicted molar refractivity (Wildman–Crippen MR) is 146 cm³/mol. The maximum atomic E-state index is 13.3. The van der Waals surface area contributed by atoms with Gasteiger partial charge in [0.25, 0.3) is 15.9 Å². The van der Waals surface area contributed by atoms with Gasteiger partial charge in [-0.1, -0.05) is 76.1 Å². The van der Waals surface area contributed by atoms with Crippen LogP contribution in [0.1, 0.15) is 38.3 Å². The van der Waals surface area contributed by atoms with Crippen LogP contribution in [0.5, 0.6) is 0 Å². The summed E-state index contributed by atoms with van der Waals surface area (Å²) >= 11 is 3.27. The monoisotopic (exact) mass is 576 g/mol. The van der Waals surface area contributed by atoms with E-state index in [1.165, 1.54) is 29.5 Å². The van der Waals surface area contributed by atoms with Gasteiger partial charge in [0.1, 0.15) is 0 Å². The number of rotatable bonds is 6. The third-order valence-electron chi connectivity index (χ3n) is 6.30. The summed E-state index contributed by atoms with van der Waals surface area (Å²) in [5.74, 6) is -0.248. The van der Waals surface area contributed by atoms with Gasteiger partial charge in [0.15, 0.2) is 0 Å². The van der Waals surface area contributed by atoms with Crippen LogP contribution in [0.2, 0.25) is 0 Å².